The predicted molar refractivity (Wildman–Crippen MR) is 99.3 cm³/mol. The molecule has 0 N–H and O–H groups in total. The normalized spacial score (nSPS) is 16.7. The Morgan fingerprint density at radius 3 is 2.62 bits per heavy atom. The number of aryl methyl sites for hydroxylation is 1. The molecule has 0 aliphatic carbocycles. The minimum Gasteiger partial charge on any atom is -0.482 e. The van der Waals surface area contributed by atoms with E-state index in [1.165, 1.54) is 0 Å². The van der Waals surface area contributed by atoms with E-state index in [9.17, 15) is 9.59 Å². The molecular formula is C21H23NO4. The number of hydrogen-bond acceptors (Lipinski definition) is 4. The Kier molecular flexibility index (Phi) is 5.26. The highest BCUT2D eigenvalue weighted by molar-refractivity contribution is 5.99. The van der Waals surface area contributed by atoms with E-state index in [4.69, 9.17) is 9.47 Å². The highest BCUT2D eigenvalue weighted by Gasteiger charge is 2.34. The molecule has 0 saturated carbocycles. The van der Waals surface area contributed by atoms with Crippen molar-refractivity contribution in [3.8, 4) is 5.75 Å². The Labute approximate surface area is 153 Å². The lowest BCUT2D eigenvalue weighted by Crippen LogP contribution is -2.43. The average molecular weight is 353 g/mol. The second kappa shape index (κ2) is 7.60. The molecule has 1 aliphatic rings. The van der Waals surface area contributed by atoms with Gasteiger partial charge in [0.25, 0.3) is 5.91 Å². The Morgan fingerprint density at radius 2 is 1.85 bits per heavy atom. The predicted octanol–water partition coefficient (Wildman–Crippen LogP) is 3.28. The number of anilines is 1. The van der Waals surface area contributed by atoms with Gasteiger partial charge in [0.1, 0.15) is 5.75 Å². The van der Waals surface area contributed by atoms with Gasteiger partial charge in [0, 0.05) is 11.7 Å². The number of para-hydroxylation sites is 2. The van der Waals surface area contributed by atoms with Gasteiger partial charge in [0.2, 0.25) is 0 Å². The first-order valence-corrected chi connectivity index (χ1v) is 8.76. The van der Waals surface area contributed by atoms with E-state index in [1.54, 1.807) is 17.9 Å². The van der Waals surface area contributed by atoms with Crippen LogP contribution in [0.3, 0.4) is 0 Å². The van der Waals surface area contributed by atoms with Crippen molar-refractivity contribution in [2.75, 3.05) is 11.5 Å². The summed E-state index contributed by atoms with van der Waals surface area (Å²) in [7, 11) is 0. The molecule has 1 amide bonds. The summed E-state index contributed by atoms with van der Waals surface area (Å²) in [6.45, 7) is 5.27. The summed E-state index contributed by atoms with van der Waals surface area (Å²) in [5.74, 6) is -0.147. The average Bonchev–Trinajstić information content (AvgIpc) is 2.96. The summed E-state index contributed by atoms with van der Waals surface area (Å²) in [6, 6.07) is 15.3. The third kappa shape index (κ3) is 3.72. The number of carbonyl (C=O) groups is 2. The molecule has 0 fully saturated rings. The van der Waals surface area contributed by atoms with Crippen molar-refractivity contribution in [3.63, 3.8) is 0 Å². The van der Waals surface area contributed by atoms with Gasteiger partial charge in [-0.1, -0.05) is 36.4 Å². The largest absolute Gasteiger partial charge is 0.482 e. The SMILES string of the molecule is Cc1ccccc1OCC(=O)O[C@@H](C)C(=O)N1c2ccccc2C[C@@H]1C. The van der Waals surface area contributed by atoms with Gasteiger partial charge in [-0.15, -0.1) is 0 Å². The first kappa shape index (κ1) is 18.0. The van der Waals surface area contributed by atoms with Gasteiger partial charge in [0.15, 0.2) is 12.7 Å². The van der Waals surface area contributed by atoms with Crippen LogP contribution in [0.25, 0.3) is 0 Å². The van der Waals surface area contributed by atoms with Gasteiger partial charge >= 0.3 is 5.97 Å². The van der Waals surface area contributed by atoms with Crippen molar-refractivity contribution in [2.45, 2.75) is 39.3 Å². The fourth-order valence-electron chi connectivity index (χ4n) is 3.23. The van der Waals surface area contributed by atoms with Gasteiger partial charge in [-0.25, -0.2) is 4.79 Å². The van der Waals surface area contributed by atoms with Crippen molar-refractivity contribution in [1.29, 1.82) is 0 Å². The molecular weight excluding hydrogens is 330 g/mol. The zero-order chi connectivity index (χ0) is 18.7. The highest BCUT2D eigenvalue weighted by atomic mass is 16.6. The number of ether oxygens (including phenoxy) is 2. The maximum atomic E-state index is 12.8. The Balaban J connectivity index is 1.59. The molecule has 2 atom stereocenters. The Morgan fingerprint density at radius 1 is 1.15 bits per heavy atom. The molecule has 3 rings (SSSR count). The quantitative estimate of drug-likeness (QED) is 0.774. The van der Waals surface area contributed by atoms with Gasteiger partial charge in [-0.3, -0.25) is 4.79 Å². The van der Waals surface area contributed by atoms with Crippen LogP contribution in [0.1, 0.15) is 25.0 Å². The number of rotatable bonds is 5. The standard InChI is InChI=1S/C21H23NO4/c1-14-8-4-7-11-19(14)25-13-20(23)26-16(3)21(24)22-15(2)12-17-9-5-6-10-18(17)22/h4-11,15-16H,12-13H2,1-3H3/t15-,16-/m0/s1. The maximum Gasteiger partial charge on any atom is 0.344 e. The summed E-state index contributed by atoms with van der Waals surface area (Å²) >= 11 is 0. The van der Waals surface area contributed by atoms with Crippen molar-refractivity contribution in [2.24, 2.45) is 0 Å². The molecule has 0 bridgehead atoms. The van der Waals surface area contributed by atoms with Crippen LogP contribution in [-0.4, -0.2) is 30.6 Å². The van der Waals surface area contributed by atoms with Crippen LogP contribution in [-0.2, 0) is 20.7 Å². The number of carbonyl (C=O) groups excluding carboxylic acids is 2. The maximum absolute atomic E-state index is 12.8. The first-order chi connectivity index (χ1) is 12.5. The van der Waals surface area contributed by atoms with Crippen LogP contribution in [0.5, 0.6) is 5.75 Å². The smallest absolute Gasteiger partial charge is 0.344 e. The number of fused-ring (bicyclic) bond motifs is 1. The second-order valence-corrected chi connectivity index (χ2v) is 6.58. The fourth-order valence-corrected chi connectivity index (χ4v) is 3.23. The van der Waals surface area contributed by atoms with Crippen molar-refractivity contribution in [1.82, 2.24) is 0 Å². The molecule has 1 aliphatic heterocycles. The lowest BCUT2D eigenvalue weighted by Gasteiger charge is -2.25. The molecule has 1 heterocycles. The highest BCUT2D eigenvalue weighted by Crippen LogP contribution is 2.32. The summed E-state index contributed by atoms with van der Waals surface area (Å²) < 4.78 is 10.8. The molecule has 2 aromatic rings. The van der Waals surface area contributed by atoms with Crippen LogP contribution < -0.4 is 9.64 Å². The molecule has 0 radical (unpaired) electrons. The van der Waals surface area contributed by atoms with E-state index in [1.807, 2.05) is 56.3 Å². The van der Waals surface area contributed by atoms with Gasteiger partial charge in [0.05, 0.1) is 0 Å². The number of esters is 1. The molecule has 5 nitrogen and oxygen atoms in total. The summed E-state index contributed by atoms with van der Waals surface area (Å²) in [6.07, 6.45) is -0.0597. The number of amides is 1. The minimum atomic E-state index is -0.864. The van der Waals surface area contributed by atoms with E-state index < -0.39 is 12.1 Å². The van der Waals surface area contributed by atoms with Gasteiger partial charge < -0.3 is 14.4 Å². The van der Waals surface area contributed by atoms with Crippen molar-refractivity contribution < 1.29 is 19.1 Å². The van der Waals surface area contributed by atoms with Crippen LogP contribution in [0.2, 0.25) is 0 Å². The van der Waals surface area contributed by atoms with Gasteiger partial charge in [-0.2, -0.15) is 0 Å². The lowest BCUT2D eigenvalue weighted by molar-refractivity contribution is -0.155. The van der Waals surface area contributed by atoms with Crippen LogP contribution >= 0.6 is 0 Å². The number of nitrogens with zero attached hydrogens (tertiary/aromatic N) is 1. The third-order valence-electron chi connectivity index (χ3n) is 4.54. The van der Waals surface area contributed by atoms with Crippen LogP contribution in [0.15, 0.2) is 48.5 Å². The molecule has 26 heavy (non-hydrogen) atoms. The molecule has 0 spiro atoms. The molecule has 2 aromatic carbocycles. The topological polar surface area (TPSA) is 55.8 Å². The third-order valence-corrected chi connectivity index (χ3v) is 4.54. The van der Waals surface area contributed by atoms with E-state index >= 15 is 0 Å². The fraction of sp³-hybridized carbons (Fsp3) is 0.333. The van der Waals surface area contributed by atoms with Crippen molar-refractivity contribution >= 4 is 17.6 Å². The molecule has 0 aromatic heterocycles. The Hall–Kier alpha value is -2.82. The molecule has 5 heteroatoms. The zero-order valence-electron chi connectivity index (χ0n) is 15.3. The van der Waals surface area contributed by atoms with Gasteiger partial charge in [-0.05, 0) is 50.5 Å². The monoisotopic (exact) mass is 353 g/mol. The lowest BCUT2D eigenvalue weighted by atomic mass is 10.1. The zero-order valence-corrected chi connectivity index (χ0v) is 15.3. The molecule has 0 unspecified atom stereocenters. The van der Waals surface area contributed by atoms with Crippen LogP contribution in [0.4, 0.5) is 5.69 Å². The second-order valence-electron chi connectivity index (χ2n) is 6.58. The van der Waals surface area contributed by atoms with E-state index in [-0.39, 0.29) is 18.6 Å². The number of benzene rings is 2. The van der Waals surface area contributed by atoms with Crippen molar-refractivity contribution in [3.05, 3.63) is 59.7 Å². The summed E-state index contributed by atoms with van der Waals surface area (Å²) in [5.41, 5.74) is 2.96. The van der Waals surface area contributed by atoms with E-state index in [0.717, 1.165) is 23.2 Å². The minimum absolute atomic E-state index is 0.0456. The first-order valence-electron chi connectivity index (χ1n) is 8.76. The van der Waals surface area contributed by atoms with E-state index in [2.05, 4.69) is 0 Å². The summed E-state index contributed by atoms with van der Waals surface area (Å²) in [4.78, 5) is 26.6. The summed E-state index contributed by atoms with van der Waals surface area (Å²) in [5, 5.41) is 0. The van der Waals surface area contributed by atoms with E-state index in [0.29, 0.717) is 5.75 Å². The molecule has 0 saturated heterocycles. The number of hydrogen-bond donors (Lipinski definition) is 0. The Bertz CT molecular complexity index is 817. The van der Waals surface area contributed by atoms with Crippen LogP contribution in [0, 0.1) is 6.92 Å². The molecule has 136 valence electrons.